The van der Waals surface area contributed by atoms with Gasteiger partial charge in [0, 0.05) is 37.4 Å². The number of para-hydroxylation sites is 1. The van der Waals surface area contributed by atoms with E-state index < -0.39 is 0 Å². The Morgan fingerprint density at radius 2 is 1.76 bits per heavy atom. The smallest absolute Gasteiger partial charge is 0.191 e. The number of nitrogens with zero attached hydrogens (tertiary/aromatic N) is 1. The van der Waals surface area contributed by atoms with Crippen molar-refractivity contribution in [2.75, 3.05) is 26.4 Å². The van der Waals surface area contributed by atoms with Crippen molar-refractivity contribution < 1.29 is 18.6 Å². The Labute approximate surface area is 150 Å². The lowest BCUT2D eigenvalue weighted by Crippen LogP contribution is -2.26. The van der Waals surface area contributed by atoms with Gasteiger partial charge in [0.05, 0.1) is 12.5 Å². The van der Waals surface area contributed by atoms with Gasteiger partial charge in [-0.3, -0.25) is 4.90 Å². The Balaban J connectivity index is 1.98. The third kappa shape index (κ3) is 6.53. The van der Waals surface area contributed by atoms with Gasteiger partial charge in [-0.1, -0.05) is 25.1 Å². The molecule has 0 unspecified atom stereocenters. The average molecular weight is 347 g/mol. The van der Waals surface area contributed by atoms with Crippen LogP contribution in [0, 0.1) is 0 Å². The Morgan fingerprint density at radius 1 is 1.00 bits per heavy atom. The summed E-state index contributed by atoms with van der Waals surface area (Å²) < 4.78 is 22.3. The highest BCUT2D eigenvalue weighted by molar-refractivity contribution is 5.33. The van der Waals surface area contributed by atoms with Crippen molar-refractivity contribution in [1.29, 1.82) is 0 Å². The van der Waals surface area contributed by atoms with Crippen LogP contribution in [0.4, 0.5) is 0 Å². The standard InChI is InChI=1S/C20H29NO4/c1-4-21(13-17-11-12-22-15-17)14-18-9-7-8-10-19(18)25-16-20(23-5-2)24-6-3/h7-12,15,20H,4-6,13-14,16H2,1-3H3. The summed E-state index contributed by atoms with van der Waals surface area (Å²) in [5.74, 6) is 0.873. The monoisotopic (exact) mass is 347 g/mol. The molecule has 2 rings (SSSR count). The van der Waals surface area contributed by atoms with Crippen LogP contribution in [0.25, 0.3) is 0 Å². The van der Waals surface area contributed by atoms with E-state index in [9.17, 15) is 0 Å². The molecule has 0 amide bonds. The van der Waals surface area contributed by atoms with Crippen LogP contribution in [-0.4, -0.2) is 37.6 Å². The van der Waals surface area contributed by atoms with Gasteiger partial charge in [-0.25, -0.2) is 0 Å². The second kappa shape index (κ2) is 10.9. The summed E-state index contributed by atoms with van der Waals surface area (Å²) >= 11 is 0. The fraction of sp³-hybridized carbons (Fsp3) is 0.500. The SMILES string of the molecule is CCOC(COc1ccccc1CN(CC)Cc1ccoc1)OCC. The molecule has 0 radical (unpaired) electrons. The van der Waals surface area contributed by atoms with Crippen LogP contribution in [0.1, 0.15) is 31.9 Å². The molecule has 1 aromatic carbocycles. The summed E-state index contributed by atoms with van der Waals surface area (Å²) in [6, 6.07) is 10.1. The summed E-state index contributed by atoms with van der Waals surface area (Å²) in [5.41, 5.74) is 2.33. The molecule has 138 valence electrons. The molecule has 25 heavy (non-hydrogen) atoms. The quantitative estimate of drug-likeness (QED) is 0.541. The summed E-state index contributed by atoms with van der Waals surface area (Å²) in [5, 5.41) is 0. The Kier molecular flexibility index (Phi) is 8.52. The first-order valence-electron chi connectivity index (χ1n) is 8.94. The van der Waals surface area contributed by atoms with Crippen LogP contribution >= 0.6 is 0 Å². The molecule has 0 aliphatic carbocycles. The Hall–Kier alpha value is -1.82. The lowest BCUT2D eigenvalue weighted by Gasteiger charge is -2.22. The number of hydrogen-bond donors (Lipinski definition) is 0. The average Bonchev–Trinajstić information content (AvgIpc) is 3.13. The van der Waals surface area contributed by atoms with Crippen LogP contribution in [0.3, 0.4) is 0 Å². The van der Waals surface area contributed by atoms with Gasteiger partial charge >= 0.3 is 0 Å². The van der Waals surface area contributed by atoms with Crippen LogP contribution in [-0.2, 0) is 22.6 Å². The molecule has 0 saturated carbocycles. The summed E-state index contributed by atoms with van der Waals surface area (Å²) in [6.07, 6.45) is 3.16. The fourth-order valence-corrected chi connectivity index (χ4v) is 2.61. The lowest BCUT2D eigenvalue weighted by atomic mass is 10.1. The van der Waals surface area contributed by atoms with Gasteiger partial charge in [-0.15, -0.1) is 0 Å². The molecule has 0 N–H and O–H groups in total. The second-order valence-corrected chi connectivity index (χ2v) is 5.69. The third-order valence-electron chi connectivity index (χ3n) is 3.88. The highest BCUT2D eigenvalue weighted by atomic mass is 16.7. The van der Waals surface area contributed by atoms with Crippen molar-refractivity contribution in [3.63, 3.8) is 0 Å². The van der Waals surface area contributed by atoms with Gasteiger partial charge in [0.15, 0.2) is 6.29 Å². The fourth-order valence-electron chi connectivity index (χ4n) is 2.61. The van der Waals surface area contributed by atoms with Gasteiger partial charge < -0.3 is 18.6 Å². The van der Waals surface area contributed by atoms with Gasteiger partial charge in [0.2, 0.25) is 0 Å². The van der Waals surface area contributed by atoms with Crippen molar-refractivity contribution in [2.24, 2.45) is 0 Å². The van der Waals surface area contributed by atoms with Crippen molar-refractivity contribution in [1.82, 2.24) is 4.90 Å². The molecule has 0 spiro atoms. The molecule has 1 aromatic heterocycles. The van der Waals surface area contributed by atoms with E-state index in [2.05, 4.69) is 17.9 Å². The van der Waals surface area contributed by atoms with E-state index in [0.717, 1.165) is 30.9 Å². The van der Waals surface area contributed by atoms with E-state index in [1.165, 1.54) is 5.56 Å². The highest BCUT2D eigenvalue weighted by Crippen LogP contribution is 2.21. The predicted octanol–water partition coefficient (Wildman–Crippen LogP) is 4.08. The van der Waals surface area contributed by atoms with E-state index in [1.807, 2.05) is 38.1 Å². The minimum absolute atomic E-state index is 0.337. The molecule has 5 nitrogen and oxygen atoms in total. The molecule has 0 fully saturated rings. The maximum absolute atomic E-state index is 5.99. The van der Waals surface area contributed by atoms with E-state index in [1.54, 1.807) is 12.5 Å². The lowest BCUT2D eigenvalue weighted by molar-refractivity contribution is -0.152. The maximum Gasteiger partial charge on any atom is 0.191 e. The van der Waals surface area contributed by atoms with Crippen LogP contribution in [0.5, 0.6) is 5.75 Å². The number of benzene rings is 1. The largest absolute Gasteiger partial charge is 0.488 e. The first-order chi connectivity index (χ1) is 12.3. The molecule has 1 heterocycles. The molecule has 0 aliphatic rings. The summed E-state index contributed by atoms with van der Waals surface area (Å²) in [4.78, 5) is 2.34. The highest BCUT2D eigenvalue weighted by Gasteiger charge is 2.13. The van der Waals surface area contributed by atoms with Gasteiger partial charge in [-0.05, 0) is 32.5 Å². The second-order valence-electron chi connectivity index (χ2n) is 5.69. The topological polar surface area (TPSA) is 44.1 Å². The molecular weight excluding hydrogens is 318 g/mol. The number of furan rings is 1. The van der Waals surface area contributed by atoms with Crippen LogP contribution in [0.2, 0.25) is 0 Å². The molecule has 0 saturated heterocycles. The zero-order valence-electron chi connectivity index (χ0n) is 15.4. The van der Waals surface area contributed by atoms with E-state index in [4.69, 9.17) is 18.6 Å². The van der Waals surface area contributed by atoms with Crippen molar-refractivity contribution >= 4 is 0 Å². The van der Waals surface area contributed by atoms with Crippen LogP contribution < -0.4 is 4.74 Å². The molecule has 0 aliphatic heterocycles. The molecule has 2 aromatic rings. The van der Waals surface area contributed by atoms with Crippen molar-refractivity contribution in [2.45, 2.75) is 40.2 Å². The van der Waals surface area contributed by atoms with Gasteiger partial charge in [-0.2, -0.15) is 0 Å². The van der Waals surface area contributed by atoms with Crippen molar-refractivity contribution in [3.05, 3.63) is 54.0 Å². The summed E-state index contributed by atoms with van der Waals surface area (Å²) in [6.45, 7) is 10.3. The van der Waals surface area contributed by atoms with E-state index in [0.29, 0.717) is 19.8 Å². The van der Waals surface area contributed by atoms with E-state index in [-0.39, 0.29) is 6.29 Å². The normalized spacial score (nSPS) is 11.4. The maximum atomic E-state index is 5.99. The van der Waals surface area contributed by atoms with Gasteiger partial charge in [0.1, 0.15) is 12.4 Å². The van der Waals surface area contributed by atoms with Crippen molar-refractivity contribution in [3.8, 4) is 5.75 Å². The molecular formula is C20H29NO4. The summed E-state index contributed by atoms with van der Waals surface area (Å²) in [7, 11) is 0. The first-order valence-corrected chi connectivity index (χ1v) is 8.94. The minimum Gasteiger partial charge on any atom is -0.488 e. The number of rotatable bonds is 12. The Morgan fingerprint density at radius 3 is 2.40 bits per heavy atom. The number of ether oxygens (including phenoxy) is 3. The van der Waals surface area contributed by atoms with Gasteiger partial charge in [0.25, 0.3) is 0 Å². The minimum atomic E-state index is -0.337. The molecule has 5 heteroatoms. The zero-order chi connectivity index (χ0) is 17.9. The number of hydrogen-bond acceptors (Lipinski definition) is 5. The molecule has 0 atom stereocenters. The predicted molar refractivity (Wildman–Crippen MR) is 97.5 cm³/mol. The zero-order valence-corrected chi connectivity index (χ0v) is 15.4. The first kappa shape index (κ1) is 19.5. The van der Waals surface area contributed by atoms with Crippen LogP contribution in [0.15, 0.2) is 47.3 Å². The third-order valence-corrected chi connectivity index (χ3v) is 3.88. The molecule has 0 bridgehead atoms. The van der Waals surface area contributed by atoms with E-state index >= 15 is 0 Å². The Bertz CT molecular complexity index is 579.